The van der Waals surface area contributed by atoms with Gasteiger partial charge in [0.1, 0.15) is 12.6 Å². The molecule has 0 fully saturated rings. The van der Waals surface area contributed by atoms with Crippen molar-refractivity contribution in [1.29, 1.82) is 0 Å². The van der Waals surface area contributed by atoms with E-state index in [4.69, 9.17) is 4.74 Å². The largest absolute Gasteiger partial charge is 0.480 e. The Balaban J connectivity index is 1.41. The van der Waals surface area contributed by atoms with Gasteiger partial charge in [-0.1, -0.05) is 42.5 Å². The number of aromatic nitrogens is 2. The number of nitrogens with zero attached hydrogens (tertiary/aromatic N) is 1. The lowest BCUT2D eigenvalue weighted by molar-refractivity contribution is -0.139. The number of alkyl carbamates (subject to hydrolysis) is 1. The molecular formula is C21H19N3O4. The lowest BCUT2D eigenvalue weighted by Crippen LogP contribution is -2.42. The number of nitrogens with one attached hydrogen (secondary N) is 2. The number of carboxylic acid groups (broad SMARTS) is 1. The number of amides is 1. The Hall–Kier alpha value is -3.61. The van der Waals surface area contributed by atoms with E-state index < -0.39 is 18.1 Å². The Morgan fingerprint density at radius 3 is 2.79 bits per heavy atom. The Labute approximate surface area is 161 Å². The second-order valence-electron chi connectivity index (χ2n) is 6.65. The molecule has 4 rings (SSSR count). The standard InChI is InChI=1S/C21H19N3O4/c25-20(26)19(9-15-10-22-12-23-15)24-21(27)28-11-14-5-3-7-17-16-6-2-1-4-13(16)8-18(14)17/h1-7,10,12,19H,8-9,11H2,(H,22,23)(H,24,27)(H,25,26). The summed E-state index contributed by atoms with van der Waals surface area (Å²) < 4.78 is 5.31. The fourth-order valence-corrected chi connectivity index (χ4v) is 3.50. The third kappa shape index (κ3) is 3.59. The van der Waals surface area contributed by atoms with Gasteiger partial charge in [-0.25, -0.2) is 14.6 Å². The molecule has 1 aliphatic carbocycles. The highest BCUT2D eigenvalue weighted by molar-refractivity contribution is 5.80. The van der Waals surface area contributed by atoms with E-state index in [1.807, 2.05) is 24.3 Å². The van der Waals surface area contributed by atoms with Crippen molar-refractivity contribution in [3.63, 3.8) is 0 Å². The Morgan fingerprint density at radius 2 is 2.00 bits per heavy atom. The third-order valence-electron chi connectivity index (χ3n) is 4.86. The Morgan fingerprint density at radius 1 is 1.18 bits per heavy atom. The minimum Gasteiger partial charge on any atom is -0.480 e. The zero-order valence-corrected chi connectivity index (χ0v) is 15.0. The molecule has 7 nitrogen and oxygen atoms in total. The average molecular weight is 377 g/mol. The monoisotopic (exact) mass is 377 g/mol. The van der Waals surface area contributed by atoms with Crippen LogP contribution in [-0.4, -0.2) is 33.2 Å². The van der Waals surface area contributed by atoms with Crippen molar-refractivity contribution in [3.05, 3.63) is 77.4 Å². The molecule has 28 heavy (non-hydrogen) atoms. The van der Waals surface area contributed by atoms with Crippen LogP contribution in [0.15, 0.2) is 55.0 Å². The summed E-state index contributed by atoms with van der Waals surface area (Å²) in [5.41, 5.74) is 6.21. The first-order valence-corrected chi connectivity index (χ1v) is 8.94. The van der Waals surface area contributed by atoms with Gasteiger partial charge in [-0.05, 0) is 34.2 Å². The van der Waals surface area contributed by atoms with Crippen molar-refractivity contribution < 1.29 is 19.4 Å². The molecule has 0 aliphatic heterocycles. The molecule has 1 atom stereocenters. The molecule has 2 aromatic carbocycles. The van der Waals surface area contributed by atoms with E-state index in [1.165, 1.54) is 17.5 Å². The average Bonchev–Trinajstić information content (AvgIpc) is 3.33. The van der Waals surface area contributed by atoms with Crippen LogP contribution < -0.4 is 5.32 Å². The molecule has 1 aromatic heterocycles. The van der Waals surface area contributed by atoms with Crippen LogP contribution in [-0.2, 0) is 29.0 Å². The summed E-state index contributed by atoms with van der Waals surface area (Å²) in [6, 6.07) is 13.0. The summed E-state index contributed by atoms with van der Waals surface area (Å²) in [5, 5.41) is 11.7. The zero-order chi connectivity index (χ0) is 19.5. The topological polar surface area (TPSA) is 104 Å². The maximum Gasteiger partial charge on any atom is 0.408 e. The Kier molecular flexibility index (Phi) is 4.80. The van der Waals surface area contributed by atoms with Gasteiger partial charge in [-0.3, -0.25) is 0 Å². The maximum atomic E-state index is 12.2. The molecule has 7 heteroatoms. The molecule has 0 saturated heterocycles. The van der Waals surface area contributed by atoms with E-state index >= 15 is 0 Å². The van der Waals surface area contributed by atoms with Crippen molar-refractivity contribution in [2.75, 3.05) is 0 Å². The number of aliphatic carboxylic acids is 1. The number of hydrogen-bond donors (Lipinski definition) is 3. The fraction of sp³-hybridized carbons (Fsp3) is 0.190. The van der Waals surface area contributed by atoms with Gasteiger partial charge in [-0.15, -0.1) is 0 Å². The number of carboxylic acids is 1. The first kappa shape index (κ1) is 17.8. The molecule has 0 spiro atoms. The minimum atomic E-state index is -1.14. The predicted octanol–water partition coefficient (Wildman–Crippen LogP) is 2.90. The van der Waals surface area contributed by atoms with E-state index in [-0.39, 0.29) is 13.0 Å². The molecule has 3 aromatic rings. The number of benzene rings is 2. The minimum absolute atomic E-state index is 0.0734. The van der Waals surface area contributed by atoms with Gasteiger partial charge in [0, 0.05) is 12.6 Å². The van der Waals surface area contributed by atoms with Crippen molar-refractivity contribution in [2.45, 2.75) is 25.5 Å². The molecule has 3 N–H and O–H groups in total. The second kappa shape index (κ2) is 7.56. The van der Waals surface area contributed by atoms with Gasteiger partial charge < -0.3 is 20.1 Å². The number of imidazole rings is 1. The molecule has 0 radical (unpaired) electrons. The molecule has 0 saturated carbocycles. The maximum absolute atomic E-state index is 12.2. The van der Waals surface area contributed by atoms with E-state index in [1.54, 1.807) is 6.20 Å². The van der Waals surface area contributed by atoms with Gasteiger partial charge >= 0.3 is 12.1 Å². The quantitative estimate of drug-likeness (QED) is 0.479. The highest BCUT2D eigenvalue weighted by atomic mass is 16.5. The van der Waals surface area contributed by atoms with Gasteiger partial charge in [-0.2, -0.15) is 0 Å². The molecule has 1 amide bonds. The van der Waals surface area contributed by atoms with Crippen LogP contribution in [0.2, 0.25) is 0 Å². The van der Waals surface area contributed by atoms with Crippen LogP contribution in [0.1, 0.15) is 22.4 Å². The van der Waals surface area contributed by atoms with Gasteiger partial charge in [0.05, 0.1) is 12.0 Å². The van der Waals surface area contributed by atoms with Gasteiger partial charge in [0.2, 0.25) is 0 Å². The van der Waals surface area contributed by atoms with E-state index in [0.717, 1.165) is 23.1 Å². The van der Waals surface area contributed by atoms with Crippen LogP contribution in [0.4, 0.5) is 4.79 Å². The van der Waals surface area contributed by atoms with Crippen molar-refractivity contribution in [2.24, 2.45) is 0 Å². The first-order valence-electron chi connectivity index (χ1n) is 8.94. The third-order valence-corrected chi connectivity index (χ3v) is 4.86. The van der Waals surface area contributed by atoms with Crippen molar-refractivity contribution in [3.8, 4) is 11.1 Å². The molecule has 1 heterocycles. The van der Waals surface area contributed by atoms with Crippen LogP contribution in [0.3, 0.4) is 0 Å². The molecule has 0 bridgehead atoms. The number of fused-ring (bicyclic) bond motifs is 3. The summed E-state index contributed by atoms with van der Waals surface area (Å²) in [4.78, 5) is 30.3. The molecule has 142 valence electrons. The van der Waals surface area contributed by atoms with E-state index in [2.05, 4.69) is 33.5 Å². The van der Waals surface area contributed by atoms with Crippen molar-refractivity contribution >= 4 is 12.1 Å². The van der Waals surface area contributed by atoms with Crippen molar-refractivity contribution in [1.82, 2.24) is 15.3 Å². The van der Waals surface area contributed by atoms with Gasteiger partial charge in [0.25, 0.3) is 0 Å². The first-order chi connectivity index (χ1) is 13.6. The predicted molar refractivity (Wildman–Crippen MR) is 102 cm³/mol. The lowest BCUT2D eigenvalue weighted by Gasteiger charge is -2.14. The smallest absolute Gasteiger partial charge is 0.408 e. The molecular weight excluding hydrogens is 358 g/mol. The number of hydrogen-bond acceptors (Lipinski definition) is 4. The van der Waals surface area contributed by atoms with Crippen LogP contribution in [0.25, 0.3) is 11.1 Å². The highest BCUT2D eigenvalue weighted by Crippen LogP contribution is 2.38. The summed E-state index contributed by atoms with van der Waals surface area (Å²) in [6.07, 6.45) is 3.15. The Bertz CT molecular complexity index is 1010. The number of aromatic amines is 1. The van der Waals surface area contributed by atoms with Crippen LogP contribution >= 0.6 is 0 Å². The fourth-order valence-electron chi connectivity index (χ4n) is 3.50. The van der Waals surface area contributed by atoms with Crippen LogP contribution in [0, 0.1) is 0 Å². The highest BCUT2D eigenvalue weighted by Gasteiger charge is 2.23. The summed E-state index contributed by atoms with van der Waals surface area (Å²) in [5.74, 6) is -1.14. The SMILES string of the molecule is O=C(NC(Cc1c[nH]cn1)C(=O)O)OCc1cccc2c1Cc1ccccc1-2. The number of rotatable bonds is 6. The lowest BCUT2D eigenvalue weighted by atomic mass is 10.0. The number of H-pyrrole nitrogens is 1. The number of ether oxygens (including phenoxy) is 1. The number of carbonyl (C=O) groups is 2. The molecule has 1 unspecified atom stereocenters. The van der Waals surface area contributed by atoms with E-state index in [0.29, 0.717) is 5.69 Å². The van der Waals surface area contributed by atoms with Crippen LogP contribution in [0.5, 0.6) is 0 Å². The molecule has 1 aliphatic rings. The van der Waals surface area contributed by atoms with E-state index in [9.17, 15) is 14.7 Å². The second-order valence-corrected chi connectivity index (χ2v) is 6.65. The van der Waals surface area contributed by atoms with Gasteiger partial charge in [0.15, 0.2) is 0 Å². The summed E-state index contributed by atoms with van der Waals surface area (Å²) in [7, 11) is 0. The summed E-state index contributed by atoms with van der Waals surface area (Å²) in [6.45, 7) is 0.0811. The summed E-state index contributed by atoms with van der Waals surface area (Å²) >= 11 is 0. The normalized spacial score (nSPS) is 12.7. The zero-order valence-electron chi connectivity index (χ0n) is 15.0. The number of carbonyl (C=O) groups excluding carboxylic acids is 1.